The normalized spacial score (nSPS) is 24.9. The lowest BCUT2D eigenvalue weighted by molar-refractivity contribution is -0.423. The van der Waals surface area contributed by atoms with E-state index in [4.69, 9.17) is 14.2 Å². The molecule has 11 nitrogen and oxygen atoms in total. The van der Waals surface area contributed by atoms with Gasteiger partial charge in [-0.1, -0.05) is 31.2 Å². The predicted molar refractivity (Wildman–Crippen MR) is 128 cm³/mol. The third-order valence-corrected chi connectivity index (χ3v) is 6.37. The number of hydrogen-bond donors (Lipinski definition) is 4. The number of carbonyl (C=O) groups excluding carboxylic acids is 1. The van der Waals surface area contributed by atoms with Crippen LogP contribution in [-0.2, 0) is 33.2 Å². The minimum Gasteiger partial charge on any atom is -0.435 e. The van der Waals surface area contributed by atoms with E-state index >= 15 is 0 Å². The van der Waals surface area contributed by atoms with Crippen LogP contribution >= 0.6 is 0 Å². The number of hydrogen-bond acceptors (Lipinski definition) is 10. The second-order valence-electron chi connectivity index (χ2n) is 9.19. The van der Waals surface area contributed by atoms with Gasteiger partial charge in [-0.05, 0) is 24.5 Å². The maximum Gasteiger partial charge on any atom is 0.508 e. The number of carbonyl (C=O) groups is 1. The predicted octanol–water partition coefficient (Wildman–Crippen LogP) is 2.21. The average molecular weight is 599 g/mol. The SMILES string of the molecule is CCOC(=O)OC[C@H]1O[C@@](O)(Oc2nn(C(CF)CF)c(C(F)(F)F)c2Cc2ccc(CC)cc2)[C@H](O)[C@@H](O)[C@@H]1O. The Morgan fingerprint density at radius 2 is 1.68 bits per heavy atom. The number of aliphatic hydroxyl groups excluding tert-OH is 3. The molecule has 1 fully saturated rings. The summed E-state index contributed by atoms with van der Waals surface area (Å²) in [6, 6.07) is 4.34. The number of halogens is 5. The van der Waals surface area contributed by atoms with Crippen molar-refractivity contribution < 1.29 is 66.1 Å². The Bertz CT molecular complexity index is 1160. The molecule has 0 amide bonds. The zero-order valence-electron chi connectivity index (χ0n) is 22.1. The standard InChI is InChI=1S/C25H31F5N2O9/c1-3-13-5-7-14(8-6-13)9-16-20(24(28,29)30)32(15(10-26)11-27)31-22(16)41-25(37)21(35)19(34)18(33)17(40-25)12-39-23(36)38-4-2/h5-8,15,17-19,21,33-35,37H,3-4,9-12H2,1-2H3/t17-,18-,19+,21-,25-/m1/s1. The number of rotatable bonds is 11. The lowest BCUT2D eigenvalue weighted by atomic mass is 9.97. The Kier molecular flexibility index (Phi) is 10.5. The first-order chi connectivity index (χ1) is 19.3. The number of benzene rings is 1. The first kappa shape index (κ1) is 32.5. The molecule has 3 rings (SSSR count). The first-order valence-electron chi connectivity index (χ1n) is 12.6. The molecule has 16 heteroatoms. The fraction of sp³-hybridized carbons (Fsp3) is 0.600. The summed E-state index contributed by atoms with van der Waals surface area (Å²) >= 11 is 0. The van der Waals surface area contributed by atoms with E-state index in [0.717, 1.165) is 5.56 Å². The van der Waals surface area contributed by atoms with Crippen LogP contribution in [-0.4, -0.2) is 93.3 Å². The van der Waals surface area contributed by atoms with Crippen molar-refractivity contribution in [2.45, 2.75) is 69.3 Å². The van der Waals surface area contributed by atoms with E-state index < -0.39 is 92.3 Å². The highest BCUT2D eigenvalue weighted by atomic mass is 19.4. The molecule has 0 saturated carbocycles. The third kappa shape index (κ3) is 7.24. The van der Waals surface area contributed by atoms with E-state index in [1.807, 2.05) is 6.92 Å². The zero-order valence-corrected chi connectivity index (χ0v) is 22.1. The van der Waals surface area contributed by atoms with Gasteiger partial charge in [-0.25, -0.2) is 18.3 Å². The fourth-order valence-electron chi connectivity index (χ4n) is 4.17. The summed E-state index contributed by atoms with van der Waals surface area (Å²) in [6.07, 6.45) is -14.8. The molecule has 2 aromatic rings. The molecule has 2 heterocycles. The summed E-state index contributed by atoms with van der Waals surface area (Å²) in [5.41, 5.74) is -1.16. The molecule has 0 radical (unpaired) electrons. The van der Waals surface area contributed by atoms with Crippen LogP contribution in [0.2, 0.25) is 0 Å². The number of aryl methyl sites for hydroxylation is 1. The van der Waals surface area contributed by atoms with Crippen LogP contribution in [0.4, 0.5) is 26.7 Å². The Hall–Kier alpha value is -3.05. The number of alkyl halides is 5. The van der Waals surface area contributed by atoms with Crippen LogP contribution in [0, 0.1) is 0 Å². The van der Waals surface area contributed by atoms with Crippen molar-refractivity contribution in [2.24, 2.45) is 0 Å². The van der Waals surface area contributed by atoms with Gasteiger partial charge in [0, 0.05) is 6.42 Å². The summed E-state index contributed by atoms with van der Waals surface area (Å²) in [4.78, 5) is 11.5. The van der Waals surface area contributed by atoms with Gasteiger partial charge in [0.15, 0.2) is 11.8 Å². The topological polar surface area (TPSA) is 153 Å². The molecule has 1 aromatic carbocycles. The second kappa shape index (κ2) is 13.3. The van der Waals surface area contributed by atoms with Crippen molar-refractivity contribution in [1.29, 1.82) is 0 Å². The van der Waals surface area contributed by atoms with Crippen molar-refractivity contribution in [1.82, 2.24) is 9.78 Å². The Morgan fingerprint density at radius 3 is 2.22 bits per heavy atom. The maximum atomic E-state index is 14.3. The van der Waals surface area contributed by atoms with Gasteiger partial charge in [0.05, 0.1) is 12.2 Å². The third-order valence-electron chi connectivity index (χ3n) is 6.37. The van der Waals surface area contributed by atoms with Crippen molar-refractivity contribution in [3.8, 4) is 5.88 Å². The highest BCUT2D eigenvalue weighted by molar-refractivity contribution is 5.59. The molecule has 230 valence electrons. The van der Waals surface area contributed by atoms with E-state index in [0.29, 0.717) is 12.0 Å². The van der Waals surface area contributed by atoms with Crippen molar-refractivity contribution >= 4 is 6.16 Å². The van der Waals surface area contributed by atoms with Gasteiger partial charge in [0.1, 0.15) is 44.3 Å². The first-order valence-corrected chi connectivity index (χ1v) is 12.6. The summed E-state index contributed by atoms with van der Waals surface area (Å²) in [7, 11) is 0. The van der Waals surface area contributed by atoms with Gasteiger partial charge in [-0.3, -0.25) is 0 Å². The molecule has 0 bridgehead atoms. The van der Waals surface area contributed by atoms with E-state index in [9.17, 15) is 47.2 Å². The van der Waals surface area contributed by atoms with Crippen LogP contribution in [0.1, 0.15) is 42.3 Å². The highest BCUT2D eigenvalue weighted by Gasteiger charge is 2.56. The lowest BCUT2D eigenvalue weighted by Crippen LogP contribution is -2.67. The lowest BCUT2D eigenvalue weighted by Gasteiger charge is -2.44. The average Bonchev–Trinajstić information content (AvgIpc) is 3.27. The molecule has 0 unspecified atom stereocenters. The second-order valence-corrected chi connectivity index (χ2v) is 9.19. The fourth-order valence-corrected chi connectivity index (χ4v) is 4.17. The van der Waals surface area contributed by atoms with Crippen LogP contribution in [0.5, 0.6) is 5.88 Å². The van der Waals surface area contributed by atoms with Crippen LogP contribution in [0.15, 0.2) is 24.3 Å². The summed E-state index contributed by atoms with van der Waals surface area (Å²) < 4.78 is 89.7. The summed E-state index contributed by atoms with van der Waals surface area (Å²) in [6.45, 7) is -0.734. The molecular formula is C25H31F5N2O9. The van der Waals surface area contributed by atoms with Gasteiger partial charge in [-0.2, -0.15) is 13.2 Å². The smallest absolute Gasteiger partial charge is 0.435 e. The minimum atomic E-state index is -5.21. The van der Waals surface area contributed by atoms with Crippen LogP contribution in [0.3, 0.4) is 0 Å². The van der Waals surface area contributed by atoms with Crippen molar-refractivity contribution in [3.05, 3.63) is 46.6 Å². The molecule has 5 atom stereocenters. The number of nitrogens with zero attached hydrogens (tertiary/aromatic N) is 2. The Labute approximate surface area is 231 Å². The van der Waals surface area contributed by atoms with Gasteiger partial charge in [-0.15, -0.1) is 5.10 Å². The van der Waals surface area contributed by atoms with E-state index in [1.165, 1.54) is 19.1 Å². The van der Waals surface area contributed by atoms with Gasteiger partial charge >= 0.3 is 18.3 Å². The molecule has 1 aliphatic rings. The monoisotopic (exact) mass is 598 g/mol. The summed E-state index contributed by atoms with van der Waals surface area (Å²) in [5.74, 6) is -4.40. The van der Waals surface area contributed by atoms with E-state index in [1.54, 1.807) is 12.1 Å². The molecule has 0 spiro atoms. The van der Waals surface area contributed by atoms with E-state index in [-0.39, 0.29) is 11.3 Å². The molecule has 1 aliphatic heterocycles. The van der Waals surface area contributed by atoms with Gasteiger partial charge in [0.2, 0.25) is 5.88 Å². The summed E-state index contributed by atoms with van der Waals surface area (Å²) in [5, 5.41) is 45.6. The molecule has 1 aromatic heterocycles. The maximum absolute atomic E-state index is 14.3. The number of ether oxygens (including phenoxy) is 4. The van der Waals surface area contributed by atoms with Gasteiger partial charge in [0.25, 0.3) is 0 Å². The van der Waals surface area contributed by atoms with Crippen LogP contribution in [0.25, 0.3) is 0 Å². The Balaban J connectivity index is 2.07. The quantitative estimate of drug-likeness (QED) is 0.172. The molecule has 41 heavy (non-hydrogen) atoms. The molecular weight excluding hydrogens is 567 g/mol. The molecule has 4 N–H and O–H groups in total. The van der Waals surface area contributed by atoms with Crippen molar-refractivity contribution in [2.75, 3.05) is 26.6 Å². The molecule has 0 aliphatic carbocycles. The highest BCUT2D eigenvalue weighted by Crippen LogP contribution is 2.41. The Morgan fingerprint density at radius 1 is 1.07 bits per heavy atom. The largest absolute Gasteiger partial charge is 0.508 e. The van der Waals surface area contributed by atoms with Crippen LogP contribution < -0.4 is 4.74 Å². The van der Waals surface area contributed by atoms with E-state index in [2.05, 4.69) is 9.84 Å². The molecule has 1 saturated heterocycles. The number of aliphatic hydroxyl groups is 4. The zero-order chi connectivity index (χ0) is 30.5. The minimum absolute atomic E-state index is 0.0380. The number of aromatic nitrogens is 2. The van der Waals surface area contributed by atoms with Crippen molar-refractivity contribution in [3.63, 3.8) is 0 Å². The van der Waals surface area contributed by atoms with Gasteiger partial charge < -0.3 is 39.4 Å².